The maximum atomic E-state index is 9.89. The molecule has 0 bridgehead atoms. The van der Waals surface area contributed by atoms with Crippen molar-refractivity contribution in [3.8, 4) is 0 Å². The first-order valence-corrected chi connectivity index (χ1v) is 7.49. The van der Waals surface area contributed by atoms with Gasteiger partial charge in [0.15, 0.2) is 0 Å². The van der Waals surface area contributed by atoms with E-state index in [1.165, 1.54) is 12.8 Å². The first kappa shape index (κ1) is 17.9. The van der Waals surface area contributed by atoms with Crippen LogP contribution in [0.4, 0.5) is 0 Å². The highest BCUT2D eigenvalue weighted by Crippen LogP contribution is 2.10. The quantitative estimate of drug-likeness (QED) is 0.599. The predicted octanol–water partition coefficient (Wildman–Crippen LogP) is 3.11. The number of hydrogen-bond acceptors (Lipinski definition) is 3. The van der Waals surface area contributed by atoms with Crippen LogP contribution in [-0.4, -0.2) is 36.0 Å². The van der Waals surface area contributed by atoms with Gasteiger partial charge in [0.25, 0.3) is 0 Å². The third kappa shape index (κ3) is 8.90. The van der Waals surface area contributed by atoms with E-state index in [-0.39, 0.29) is 5.54 Å². The van der Waals surface area contributed by atoms with Crippen molar-refractivity contribution in [3.63, 3.8) is 0 Å². The summed E-state index contributed by atoms with van der Waals surface area (Å²) in [6.07, 6.45) is 5.48. The summed E-state index contributed by atoms with van der Waals surface area (Å²) in [5, 5.41) is 13.3. The van der Waals surface area contributed by atoms with Crippen molar-refractivity contribution >= 4 is 0 Å². The molecule has 0 aromatic carbocycles. The smallest absolute Gasteiger partial charge is 0.0898 e. The third-order valence-corrected chi connectivity index (χ3v) is 3.56. The van der Waals surface area contributed by atoms with Crippen LogP contribution in [0.1, 0.15) is 66.7 Å². The fraction of sp³-hybridized carbons (Fsp3) is 1.00. The number of aliphatic hydroxyl groups is 1. The zero-order chi connectivity index (χ0) is 14.0. The van der Waals surface area contributed by atoms with Gasteiger partial charge in [0.05, 0.1) is 18.8 Å². The van der Waals surface area contributed by atoms with Crippen LogP contribution in [0, 0.1) is 0 Å². The van der Waals surface area contributed by atoms with E-state index in [4.69, 9.17) is 4.74 Å². The maximum absolute atomic E-state index is 9.89. The molecule has 2 N–H and O–H groups in total. The van der Waals surface area contributed by atoms with Crippen molar-refractivity contribution in [2.75, 3.05) is 13.2 Å². The van der Waals surface area contributed by atoms with E-state index in [9.17, 15) is 5.11 Å². The molecule has 18 heavy (non-hydrogen) atoms. The molecule has 0 spiro atoms. The lowest BCUT2D eigenvalue weighted by atomic mass is 10.0. The summed E-state index contributed by atoms with van der Waals surface area (Å²) < 4.78 is 5.76. The van der Waals surface area contributed by atoms with Crippen LogP contribution in [0.15, 0.2) is 0 Å². The highest BCUT2D eigenvalue weighted by atomic mass is 16.5. The summed E-state index contributed by atoms with van der Waals surface area (Å²) in [5.74, 6) is 0. The van der Waals surface area contributed by atoms with Crippen LogP contribution in [0.5, 0.6) is 0 Å². The summed E-state index contributed by atoms with van der Waals surface area (Å²) in [6, 6.07) is 0. The molecular formula is C15H33NO2. The predicted molar refractivity (Wildman–Crippen MR) is 77.9 cm³/mol. The minimum absolute atomic E-state index is 0.0906. The number of β-amino-alcohol motifs (C(OH)–C–C–N with tert-alkyl or cyclic N) is 1. The van der Waals surface area contributed by atoms with Crippen molar-refractivity contribution in [1.82, 2.24) is 5.32 Å². The Balaban J connectivity index is 3.77. The average molecular weight is 259 g/mol. The van der Waals surface area contributed by atoms with Gasteiger partial charge in [0.1, 0.15) is 0 Å². The lowest BCUT2D eigenvalue weighted by Crippen LogP contribution is -2.44. The van der Waals surface area contributed by atoms with Gasteiger partial charge in [-0.25, -0.2) is 0 Å². The van der Waals surface area contributed by atoms with Gasteiger partial charge in [0, 0.05) is 12.1 Å². The van der Waals surface area contributed by atoms with Gasteiger partial charge in [-0.1, -0.05) is 33.6 Å². The van der Waals surface area contributed by atoms with E-state index in [0.717, 1.165) is 19.3 Å². The lowest BCUT2D eigenvalue weighted by molar-refractivity contribution is -0.0159. The molecule has 0 aliphatic rings. The van der Waals surface area contributed by atoms with Gasteiger partial charge < -0.3 is 15.2 Å². The van der Waals surface area contributed by atoms with E-state index in [2.05, 4.69) is 39.9 Å². The Morgan fingerprint density at radius 3 is 2.39 bits per heavy atom. The van der Waals surface area contributed by atoms with Crippen molar-refractivity contribution < 1.29 is 9.84 Å². The Hall–Kier alpha value is -0.120. The summed E-state index contributed by atoms with van der Waals surface area (Å²) in [5.41, 5.74) is 0.0906. The van der Waals surface area contributed by atoms with Gasteiger partial charge >= 0.3 is 0 Å². The number of ether oxygens (including phenoxy) is 1. The van der Waals surface area contributed by atoms with Crippen LogP contribution in [0.25, 0.3) is 0 Å². The van der Waals surface area contributed by atoms with E-state index < -0.39 is 6.10 Å². The van der Waals surface area contributed by atoms with Crippen molar-refractivity contribution in [2.45, 2.75) is 84.5 Å². The van der Waals surface area contributed by atoms with E-state index in [1.807, 2.05) is 0 Å². The molecule has 0 saturated carbocycles. The van der Waals surface area contributed by atoms with Gasteiger partial charge in [-0.05, 0) is 33.1 Å². The highest BCUT2D eigenvalue weighted by Gasteiger charge is 2.16. The molecule has 110 valence electrons. The van der Waals surface area contributed by atoms with E-state index in [0.29, 0.717) is 19.3 Å². The molecule has 0 saturated heterocycles. The SMILES string of the molecule is CCCCC(CC)OCC(O)CNC(C)(C)CC. The van der Waals surface area contributed by atoms with Crippen LogP contribution < -0.4 is 5.32 Å². The Morgan fingerprint density at radius 1 is 1.22 bits per heavy atom. The maximum Gasteiger partial charge on any atom is 0.0898 e. The molecule has 0 amide bonds. The molecule has 2 unspecified atom stereocenters. The van der Waals surface area contributed by atoms with Gasteiger partial charge in [0.2, 0.25) is 0 Å². The molecule has 0 aliphatic carbocycles. The fourth-order valence-corrected chi connectivity index (χ4v) is 1.66. The van der Waals surface area contributed by atoms with E-state index >= 15 is 0 Å². The number of unbranched alkanes of at least 4 members (excludes halogenated alkanes) is 1. The minimum atomic E-state index is -0.411. The molecule has 3 heteroatoms. The molecule has 0 aromatic rings. The zero-order valence-corrected chi connectivity index (χ0v) is 13.0. The zero-order valence-electron chi connectivity index (χ0n) is 13.0. The molecule has 0 heterocycles. The third-order valence-electron chi connectivity index (χ3n) is 3.56. The van der Waals surface area contributed by atoms with Crippen molar-refractivity contribution in [1.29, 1.82) is 0 Å². The molecule has 3 nitrogen and oxygen atoms in total. The second-order valence-corrected chi connectivity index (χ2v) is 5.78. The summed E-state index contributed by atoms with van der Waals surface area (Å²) >= 11 is 0. The number of rotatable bonds is 11. The Morgan fingerprint density at radius 2 is 1.89 bits per heavy atom. The largest absolute Gasteiger partial charge is 0.389 e. The Labute approximate surface area is 113 Å². The van der Waals surface area contributed by atoms with Crippen molar-refractivity contribution in [3.05, 3.63) is 0 Å². The van der Waals surface area contributed by atoms with Gasteiger partial charge in [-0.15, -0.1) is 0 Å². The van der Waals surface area contributed by atoms with Gasteiger partial charge in [-0.3, -0.25) is 0 Å². The second kappa shape index (κ2) is 9.76. The average Bonchev–Trinajstić information content (AvgIpc) is 2.36. The van der Waals surface area contributed by atoms with Crippen LogP contribution in [-0.2, 0) is 4.74 Å². The fourth-order valence-electron chi connectivity index (χ4n) is 1.66. The molecule has 0 radical (unpaired) electrons. The molecule has 0 aromatic heterocycles. The highest BCUT2D eigenvalue weighted by molar-refractivity contribution is 4.76. The van der Waals surface area contributed by atoms with Crippen LogP contribution in [0.3, 0.4) is 0 Å². The number of nitrogens with one attached hydrogen (secondary N) is 1. The second-order valence-electron chi connectivity index (χ2n) is 5.78. The standard InChI is InChI=1S/C15H33NO2/c1-6-9-10-14(7-2)18-12-13(17)11-16-15(4,5)8-3/h13-14,16-17H,6-12H2,1-5H3. The Kier molecular flexibility index (Phi) is 9.70. The summed E-state index contributed by atoms with van der Waals surface area (Å²) in [6.45, 7) is 11.8. The lowest BCUT2D eigenvalue weighted by Gasteiger charge is -2.27. The number of hydrogen-bond donors (Lipinski definition) is 2. The molecule has 2 atom stereocenters. The van der Waals surface area contributed by atoms with E-state index in [1.54, 1.807) is 0 Å². The first-order valence-electron chi connectivity index (χ1n) is 7.49. The molecule has 0 aliphatic heterocycles. The summed E-state index contributed by atoms with van der Waals surface area (Å²) in [7, 11) is 0. The normalized spacial score (nSPS) is 15.7. The number of aliphatic hydroxyl groups excluding tert-OH is 1. The topological polar surface area (TPSA) is 41.5 Å². The summed E-state index contributed by atoms with van der Waals surface area (Å²) in [4.78, 5) is 0. The molecule has 0 fully saturated rings. The first-order chi connectivity index (χ1) is 8.45. The van der Waals surface area contributed by atoms with Crippen LogP contribution in [0.2, 0.25) is 0 Å². The molecular weight excluding hydrogens is 226 g/mol. The van der Waals surface area contributed by atoms with Crippen molar-refractivity contribution in [2.24, 2.45) is 0 Å². The van der Waals surface area contributed by atoms with Gasteiger partial charge in [-0.2, -0.15) is 0 Å². The Bertz CT molecular complexity index is 195. The monoisotopic (exact) mass is 259 g/mol. The van der Waals surface area contributed by atoms with Crippen LogP contribution >= 0.6 is 0 Å². The molecule has 0 rings (SSSR count). The minimum Gasteiger partial charge on any atom is -0.389 e.